The van der Waals surface area contributed by atoms with E-state index in [-0.39, 0.29) is 41.8 Å². The third-order valence-electron chi connectivity index (χ3n) is 4.49. The Hall–Kier alpha value is -3.53. The van der Waals surface area contributed by atoms with Gasteiger partial charge in [-0.25, -0.2) is 4.79 Å². The minimum atomic E-state index is -1.18. The second-order valence-electron chi connectivity index (χ2n) is 6.96. The van der Waals surface area contributed by atoms with Crippen LogP contribution in [0.4, 0.5) is 5.69 Å². The number of halogens is 2. The highest BCUT2D eigenvalue weighted by atomic mass is 35.5. The number of ether oxygens (including phenoxy) is 2. The van der Waals surface area contributed by atoms with E-state index in [9.17, 15) is 19.5 Å². The molecule has 9 nitrogen and oxygen atoms in total. The summed E-state index contributed by atoms with van der Waals surface area (Å²) in [6.07, 6.45) is 0. The summed E-state index contributed by atoms with van der Waals surface area (Å²) in [5, 5.41) is 24.7. The number of aromatic carboxylic acids is 1. The van der Waals surface area contributed by atoms with E-state index in [1.807, 2.05) is 0 Å². The Morgan fingerprint density at radius 2 is 1.62 bits per heavy atom. The number of carbonyl (C=O) groups excluding carboxylic acids is 2. The quantitative estimate of drug-likeness (QED) is 0.331. The molecule has 0 fully saturated rings. The lowest BCUT2D eigenvalue weighted by Gasteiger charge is -2.14. The number of carboxylic acids is 1. The van der Waals surface area contributed by atoms with Crippen molar-refractivity contribution in [3.8, 4) is 11.5 Å². The maximum atomic E-state index is 12.5. The molecular formula is C23H20Cl2N2O7. The van der Waals surface area contributed by atoms with Crippen LogP contribution in [0.15, 0.2) is 48.5 Å². The summed E-state index contributed by atoms with van der Waals surface area (Å²) in [4.78, 5) is 35.7. The second kappa shape index (κ2) is 11.6. The molecule has 0 radical (unpaired) electrons. The molecular weight excluding hydrogens is 487 g/mol. The SMILES string of the molecule is O=C(COc1ccccc1NC(=O)COc1cc(C(=O)O)cc2cc(Cl)cc(Cl)c12)NCCO. The van der Waals surface area contributed by atoms with Crippen LogP contribution in [0.25, 0.3) is 10.8 Å². The van der Waals surface area contributed by atoms with Crippen molar-refractivity contribution in [3.05, 3.63) is 64.1 Å². The number of rotatable bonds is 10. The summed E-state index contributed by atoms with van der Waals surface area (Å²) < 4.78 is 11.1. The Bertz CT molecular complexity index is 1230. The molecule has 0 saturated carbocycles. The Kier molecular flexibility index (Phi) is 8.53. The number of benzene rings is 3. The zero-order valence-corrected chi connectivity index (χ0v) is 19.2. The van der Waals surface area contributed by atoms with Crippen LogP contribution in [0.3, 0.4) is 0 Å². The summed E-state index contributed by atoms with van der Waals surface area (Å²) in [6.45, 7) is -0.853. The Morgan fingerprint density at radius 1 is 0.912 bits per heavy atom. The molecule has 0 saturated heterocycles. The first-order valence-electron chi connectivity index (χ1n) is 9.96. The number of hydrogen-bond donors (Lipinski definition) is 4. The molecule has 0 spiro atoms. The zero-order chi connectivity index (χ0) is 24.7. The third kappa shape index (κ3) is 6.50. The van der Waals surface area contributed by atoms with Crippen molar-refractivity contribution in [2.24, 2.45) is 0 Å². The summed E-state index contributed by atoms with van der Waals surface area (Å²) in [5.41, 5.74) is 0.250. The summed E-state index contributed by atoms with van der Waals surface area (Å²) in [7, 11) is 0. The molecule has 0 aliphatic carbocycles. The number of carboxylic acid groups (broad SMARTS) is 1. The first kappa shape index (κ1) is 25.1. The smallest absolute Gasteiger partial charge is 0.335 e. The van der Waals surface area contributed by atoms with Crippen LogP contribution < -0.4 is 20.1 Å². The number of aliphatic hydroxyl groups is 1. The van der Waals surface area contributed by atoms with Gasteiger partial charge in [-0.2, -0.15) is 0 Å². The average Bonchev–Trinajstić information content (AvgIpc) is 2.79. The van der Waals surface area contributed by atoms with Crippen LogP contribution in [0.2, 0.25) is 10.0 Å². The van der Waals surface area contributed by atoms with Gasteiger partial charge in [0, 0.05) is 17.0 Å². The molecule has 0 aliphatic heterocycles. The van der Waals surface area contributed by atoms with Crippen LogP contribution in [-0.2, 0) is 9.59 Å². The van der Waals surface area contributed by atoms with Gasteiger partial charge in [-0.05, 0) is 41.8 Å². The van der Waals surface area contributed by atoms with E-state index in [1.54, 1.807) is 30.3 Å². The number of nitrogens with one attached hydrogen (secondary N) is 2. The number of carbonyl (C=O) groups is 3. The van der Waals surface area contributed by atoms with Gasteiger partial charge in [-0.15, -0.1) is 0 Å². The molecule has 178 valence electrons. The van der Waals surface area contributed by atoms with Gasteiger partial charge in [-0.3, -0.25) is 9.59 Å². The molecule has 11 heteroatoms. The first-order valence-corrected chi connectivity index (χ1v) is 10.7. The Balaban J connectivity index is 1.73. The number of hydrogen-bond acceptors (Lipinski definition) is 6. The fourth-order valence-corrected chi connectivity index (χ4v) is 3.64. The van der Waals surface area contributed by atoms with E-state index in [1.165, 1.54) is 18.2 Å². The van der Waals surface area contributed by atoms with Gasteiger partial charge >= 0.3 is 5.97 Å². The second-order valence-corrected chi connectivity index (χ2v) is 7.80. The maximum Gasteiger partial charge on any atom is 0.335 e. The zero-order valence-electron chi connectivity index (χ0n) is 17.6. The Morgan fingerprint density at radius 3 is 2.35 bits per heavy atom. The van der Waals surface area contributed by atoms with E-state index in [2.05, 4.69) is 10.6 Å². The van der Waals surface area contributed by atoms with Crippen LogP contribution in [-0.4, -0.2) is 54.4 Å². The van der Waals surface area contributed by atoms with Crippen molar-refractivity contribution < 1.29 is 34.1 Å². The lowest BCUT2D eigenvalue weighted by atomic mass is 10.1. The summed E-state index contributed by atoms with van der Waals surface area (Å²) in [5.74, 6) is -1.80. The minimum Gasteiger partial charge on any atom is -0.483 e. The normalized spacial score (nSPS) is 10.6. The van der Waals surface area contributed by atoms with Crippen molar-refractivity contribution >= 4 is 57.4 Å². The van der Waals surface area contributed by atoms with Crippen molar-refractivity contribution in [2.75, 3.05) is 31.7 Å². The fourth-order valence-electron chi connectivity index (χ4n) is 3.04. The number of anilines is 1. The molecule has 0 atom stereocenters. The van der Waals surface area contributed by atoms with Gasteiger partial charge < -0.3 is 30.3 Å². The number of para-hydroxylation sites is 2. The maximum absolute atomic E-state index is 12.5. The van der Waals surface area contributed by atoms with E-state index in [0.717, 1.165) is 0 Å². The van der Waals surface area contributed by atoms with E-state index < -0.39 is 24.4 Å². The van der Waals surface area contributed by atoms with Gasteiger partial charge in [0.2, 0.25) is 0 Å². The monoisotopic (exact) mass is 506 g/mol. The fraction of sp³-hybridized carbons (Fsp3) is 0.174. The minimum absolute atomic E-state index is 0.0561. The van der Waals surface area contributed by atoms with E-state index in [4.69, 9.17) is 37.8 Å². The average molecular weight is 507 g/mol. The van der Waals surface area contributed by atoms with Crippen LogP contribution in [0, 0.1) is 0 Å². The Labute approximate surface area is 204 Å². The molecule has 0 aliphatic rings. The van der Waals surface area contributed by atoms with Crippen molar-refractivity contribution in [1.82, 2.24) is 5.32 Å². The van der Waals surface area contributed by atoms with Crippen LogP contribution >= 0.6 is 23.2 Å². The van der Waals surface area contributed by atoms with Crippen molar-refractivity contribution in [2.45, 2.75) is 0 Å². The molecule has 3 aromatic rings. The first-order chi connectivity index (χ1) is 16.3. The molecule has 3 rings (SSSR count). The van der Waals surface area contributed by atoms with Crippen molar-refractivity contribution in [3.63, 3.8) is 0 Å². The van der Waals surface area contributed by atoms with Crippen molar-refractivity contribution in [1.29, 1.82) is 0 Å². The lowest BCUT2D eigenvalue weighted by molar-refractivity contribution is -0.123. The van der Waals surface area contributed by atoms with Gasteiger partial charge in [-0.1, -0.05) is 35.3 Å². The molecule has 3 aromatic carbocycles. The lowest BCUT2D eigenvalue weighted by Crippen LogP contribution is -2.31. The molecule has 34 heavy (non-hydrogen) atoms. The molecule has 0 bridgehead atoms. The van der Waals surface area contributed by atoms with Gasteiger partial charge in [0.25, 0.3) is 11.8 Å². The van der Waals surface area contributed by atoms with E-state index in [0.29, 0.717) is 21.5 Å². The molecule has 0 aromatic heterocycles. The molecule has 0 heterocycles. The van der Waals surface area contributed by atoms with Gasteiger partial charge in [0.1, 0.15) is 11.5 Å². The van der Waals surface area contributed by atoms with Gasteiger partial charge in [0.15, 0.2) is 13.2 Å². The number of fused-ring (bicyclic) bond motifs is 1. The highest BCUT2D eigenvalue weighted by Gasteiger charge is 2.16. The predicted molar refractivity (Wildman–Crippen MR) is 127 cm³/mol. The van der Waals surface area contributed by atoms with Crippen LogP contribution in [0.5, 0.6) is 11.5 Å². The highest BCUT2D eigenvalue weighted by Crippen LogP contribution is 2.36. The standard InChI is InChI=1S/C23H20Cl2N2O7/c24-15-8-13-7-14(23(31)32)9-19(22(13)16(25)10-15)34-12-21(30)27-17-3-1-2-4-18(17)33-11-20(29)26-5-6-28/h1-4,7-10,28H,5-6,11-12H2,(H,26,29)(H,27,30)(H,31,32). The largest absolute Gasteiger partial charge is 0.483 e. The third-order valence-corrected chi connectivity index (χ3v) is 5.01. The number of amides is 2. The molecule has 0 unspecified atom stereocenters. The molecule has 2 amide bonds. The van der Waals surface area contributed by atoms with Crippen LogP contribution in [0.1, 0.15) is 10.4 Å². The van der Waals surface area contributed by atoms with E-state index >= 15 is 0 Å². The summed E-state index contributed by atoms with van der Waals surface area (Å²) >= 11 is 12.3. The summed E-state index contributed by atoms with van der Waals surface area (Å²) in [6, 6.07) is 12.2. The molecule has 4 N–H and O–H groups in total. The highest BCUT2D eigenvalue weighted by molar-refractivity contribution is 6.39. The van der Waals surface area contributed by atoms with Gasteiger partial charge in [0.05, 0.1) is 22.9 Å². The predicted octanol–water partition coefficient (Wildman–Crippen LogP) is 3.35. The number of aliphatic hydroxyl groups excluding tert-OH is 1. The topological polar surface area (TPSA) is 134 Å².